The van der Waals surface area contributed by atoms with Crippen LogP contribution in [-0.2, 0) is 0 Å². The molecule has 0 atom stereocenters. The highest BCUT2D eigenvalue weighted by molar-refractivity contribution is 6.31. The van der Waals surface area contributed by atoms with Crippen LogP contribution >= 0.6 is 11.6 Å². The number of aromatic nitrogens is 1. The van der Waals surface area contributed by atoms with Crippen LogP contribution < -0.4 is 10.6 Å². The fraction of sp³-hybridized carbons (Fsp3) is 0.214. The maximum absolute atomic E-state index is 13.7. The van der Waals surface area contributed by atoms with E-state index < -0.39 is 17.5 Å². The van der Waals surface area contributed by atoms with Crippen molar-refractivity contribution in [1.82, 2.24) is 4.98 Å². The number of hydrogen-bond donors (Lipinski definition) is 2. The first-order valence-corrected chi connectivity index (χ1v) is 6.71. The predicted molar refractivity (Wildman–Crippen MR) is 77.6 cm³/mol. The van der Waals surface area contributed by atoms with E-state index in [1.165, 1.54) is 12.1 Å². The Hall–Kier alpha value is -1.95. The van der Waals surface area contributed by atoms with Gasteiger partial charge in [-0.25, -0.2) is 18.2 Å². The van der Waals surface area contributed by atoms with E-state index in [2.05, 4.69) is 15.6 Å². The van der Waals surface area contributed by atoms with E-state index in [1.807, 2.05) is 6.92 Å². The van der Waals surface area contributed by atoms with Crippen molar-refractivity contribution >= 4 is 28.9 Å². The lowest BCUT2D eigenvalue weighted by Crippen LogP contribution is -2.07. The molecule has 2 rings (SSSR count). The molecule has 0 aliphatic carbocycles. The Kier molecular flexibility index (Phi) is 4.90. The van der Waals surface area contributed by atoms with Gasteiger partial charge in [0.25, 0.3) is 0 Å². The van der Waals surface area contributed by atoms with Crippen LogP contribution in [0.25, 0.3) is 0 Å². The molecule has 0 aliphatic rings. The molecule has 0 aliphatic heterocycles. The highest BCUT2D eigenvalue weighted by Gasteiger charge is 2.12. The summed E-state index contributed by atoms with van der Waals surface area (Å²) in [6, 6.07) is 4.55. The first-order valence-electron chi connectivity index (χ1n) is 6.33. The van der Waals surface area contributed by atoms with Crippen LogP contribution in [-0.4, -0.2) is 11.5 Å². The van der Waals surface area contributed by atoms with Crippen LogP contribution in [0.4, 0.5) is 30.5 Å². The van der Waals surface area contributed by atoms with Crippen LogP contribution in [0.3, 0.4) is 0 Å². The molecule has 1 aromatic heterocycles. The molecule has 0 spiro atoms. The molecule has 112 valence electrons. The lowest BCUT2D eigenvalue weighted by Gasteiger charge is -2.11. The molecule has 0 saturated heterocycles. The number of halogens is 4. The molecule has 0 unspecified atom stereocenters. The fourth-order valence-electron chi connectivity index (χ4n) is 1.63. The van der Waals surface area contributed by atoms with Crippen molar-refractivity contribution in [3.8, 4) is 0 Å². The van der Waals surface area contributed by atoms with Gasteiger partial charge in [-0.2, -0.15) is 0 Å². The fourth-order valence-corrected chi connectivity index (χ4v) is 1.81. The Labute approximate surface area is 125 Å². The third-order valence-corrected chi connectivity index (χ3v) is 2.94. The molecule has 0 saturated carbocycles. The standard InChI is InChI=1S/C14H13ClF3N3/c1-2-5-19-13-11(17)7-12(18)14(21-13)20-8-3-4-10(16)9(15)6-8/h3-4,6-7H,2,5H2,1H3,(H2,19,20,21). The zero-order valence-corrected chi connectivity index (χ0v) is 11.9. The summed E-state index contributed by atoms with van der Waals surface area (Å²) in [6.45, 7) is 2.42. The maximum atomic E-state index is 13.7. The summed E-state index contributed by atoms with van der Waals surface area (Å²) in [6.07, 6.45) is 0.773. The largest absolute Gasteiger partial charge is 0.368 e. The topological polar surface area (TPSA) is 37.0 Å². The average molecular weight is 316 g/mol. The minimum Gasteiger partial charge on any atom is -0.368 e. The van der Waals surface area contributed by atoms with Gasteiger partial charge in [0.2, 0.25) is 0 Å². The molecule has 1 heterocycles. The summed E-state index contributed by atoms with van der Waals surface area (Å²) in [7, 11) is 0. The highest BCUT2D eigenvalue weighted by atomic mass is 35.5. The molecule has 0 radical (unpaired) electrons. The number of pyridine rings is 1. The molecule has 3 nitrogen and oxygen atoms in total. The number of benzene rings is 1. The zero-order chi connectivity index (χ0) is 15.4. The number of rotatable bonds is 5. The summed E-state index contributed by atoms with van der Waals surface area (Å²) in [5.41, 5.74) is 0.348. The smallest absolute Gasteiger partial charge is 0.169 e. The van der Waals surface area contributed by atoms with Gasteiger partial charge in [-0.05, 0) is 24.6 Å². The van der Waals surface area contributed by atoms with E-state index >= 15 is 0 Å². The second-order valence-corrected chi connectivity index (χ2v) is 4.74. The predicted octanol–water partition coefficient (Wildman–Crippen LogP) is 4.72. The number of nitrogens with one attached hydrogen (secondary N) is 2. The summed E-state index contributed by atoms with van der Waals surface area (Å²) in [5.74, 6) is -2.43. The third kappa shape index (κ3) is 3.78. The number of hydrogen-bond acceptors (Lipinski definition) is 3. The van der Waals surface area contributed by atoms with Gasteiger partial charge in [0.15, 0.2) is 23.3 Å². The van der Waals surface area contributed by atoms with Gasteiger partial charge in [0, 0.05) is 18.3 Å². The molecular formula is C14H13ClF3N3. The van der Waals surface area contributed by atoms with Gasteiger partial charge in [0.05, 0.1) is 5.02 Å². The van der Waals surface area contributed by atoms with Gasteiger partial charge >= 0.3 is 0 Å². The Morgan fingerprint density at radius 2 is 1.76 bits per heavy atom. The van der Waals surface area contributed by atoms with E-state index in [4.69, 9.17) is 11.6 Å². The number of anilines is 3. The van der Waals surface area contributed by atoms with Crippen LogP contribution in [0, 0.1) is 17.5 Å². The SMILES string of the molecule is CCCNc1nc(Nc2ccc(F)c(Cl)c2)c(F)cc1F. The maximum Gasteiger partial charge on any atom is 0.169 e. The summed E-state index contributed by atoms with van der Waals surface area (Å²) in [4.78, 5) is 3.85. The average Bonchev–Trinajstić information content (AvgIpc) is 2.44. The van der Waals surface area contributed by atoms with Crippen molar-refractivity contribution in [3.63, 3.8) is 0 Å². The molecular weight excluding hydrogens is 303 g/mol. The molecule has 0 amide bonds. The van der Waals surface area contributed by atoms with Gasteiger partial charge in [-0.1, -0.05) is 18.5 Å². The van der Waals surface area contributed by atoms with Crippen LogP contribution in [0.15, 0.2) is 24.3 Å². The Morgan fingerprint density at radius 1 is 1.05 bits per heavy atom. The Morgan fingerprint density at radius 3 is 2.43 bits per heavy atom. The van der Waals surface area contributed by atoms with Crippen molar-refractivity contribution in [2.75, 3.05) is 17.2 Å². The van der Waals surface area contributed by atoms with E-state index in [0.29, 0.717) is 12.2 Å². The minimum absolute atomic E-state index is 0.0473. The third-order valence-electron chi connectivity index (χ3n) is 2.65. The Bertz CT molecular complexity index is 650. The van der Waals surface area contributed by atoms with Crippen LogP contribution in [0.2, 0.25) is 5.02 Å². The number of nitrogens with zero attached hydrogens (tertiary/aromatic N) is 1. The summed E-state index contributed by atoms with van der Waals surface area (Å²) in [5, 5.41) is 5.29. The lowest BCUT2D eigenvalue weighted by atomic mass is 10.3. The van der Waals surface area contributed by atoms with Crippen molar-refractivity contribution in [3.05, 3.63) is 46.7 Å². The van der Waals surface area contributed by atoms with Crippen molar-refractivity contribution < 1.29 is 13.2 Å². The molecule has 2 aromatic rings. The van der Waals surface area contributed by atoms with Crippen molar-refractivity contribution in [2.24, 2.45) is 0 Å². The second-order valence-electron chi connectivity index (χ2n) is 4.33. The normalized spacial score (nSPS) is 10.5. The molecule has 0 bridgehead atoms. The molecule has 0 fully saturated rings. The zero-order valence-electron chi connectivity index (χ0n) is 11.2. The van der Waals surface area contributed by atoms with E-state index in [9.17, 15) is 13.2 Å². The van der Waals surface area contributed by atoms with Crippen LogP contribution in [0.5, 0.6) is 0 Å². The molecule has 1 aromatic carbocycles. The van der Waals surface area contributed by atoms with Gasteiger partial charge in [0.1, 0.15) is 5.82 Å². The van der Waals surface area contributed by atoms with E-state index in [0.717, 1.165) is 18.6 Å². The van der Waals surface area contributed by atoms with E-state index in [1.54, 1.807) is 0 Å². The van der Waals surface area contributed by atoms with Gasteiger partial charge < -0.3 is 10.6 Å². The summed E-state index contributed by atoms with van der Waals surface area (Å²) >= 11 is 5.64. The van der Waals surface area contributed by atoms with Crippen molar-refractivity contribution in [2.45, 2.75) is 13.3 Å². The molecule has 2 N–H and O–H groups in total. The highest BCUT2D eigenvalue weighted by Crippen LogP contribution is 2.25. The van der Waals surface area contributed by atoms with Crippen molar-refractivity contribution in [1.29, 1.82) is 0 Å². The molecule has 21 heavy (non-hydrogen) atoms. The lowest BCUT2D eigenvalue weighted by molar-refractivity contribution is 0.579. The molecule has 7 heteroatoms. The first kappa shape index (κ1) is 15.4. The Balaban J connectivity index is 2.28. The van der Waals surface area contributed by atoms with E-state index in [-0.39, 0.29) is 16.7 Å². The summed E-state index contributed by atoms with van der Waals surface area (Å²) < 4.78 is 40.3. The second kappa shape index (κ2) is 6.67. The quantitative estimate of drug-likeness (QED) is 0.838. The monoisotopic (exact) mass is 315 g/mol. The van der Waals surface area contributed by atoms with Gasteiger partial charge in [-0.3, -0.25) is 0 Å². The van der Waals surface area contributed by atoms with Gasteiger partial charge in [-0.15, -0.1) is 0 Å². The van der Waals surface area contributed by atoms with Crippen LogP contribution in [0.1, 0.15) is 13.3 Å². The first-order chi connectivity index (χ1) is 10.0. The minimum atomic E-state index is -0.852.